The molecule has 0 aromatic heterocycles. The molecule has 124 valence electrons. The van der Waals surface area contributed by atoms with Crippen LogP contribution in [0.1, 0.15) is 46.1 Å². The van der Waals surface area contributed by atoms with E-state index in [0.29, 0.717) is 12.2 Å². The summed E-state index contributed by atoms with van der Waals surface area (Å²) in [5.74, 6) is -0.123. The fourth-order valence-corrected chi connectivity index (χ4v) is 1.94. The molecule has 0 aliphatic carbocycles. The fourth-order valence-electron chi connectivity index (χ4n) is 1.94. The molecule has 1 aromatic rings. The Morgan fingerprint density at radius 3 is 2.30 bits per heavy atom. The molecule has 0 amide bonds. The van der Waals surface area contributed by atoms with Crippen LogP contribution in [0, 0.1) is 0 Å². The molecule has 1 aromatic carbocycles. The molecule has 0 radical (unpaired) electrons. The van der Waals surface area contributed by atoms with Crippen LogP contribution in [0.2, 0.25) is 0 Å². The first kappa shape index (κ1) is 18.8. The second kappa shape index (κ2) is 9.67. The zero-order valence-electron chi connectivity index (χ0n) is 14.4. The van der Waals surface area contributed by atoms with Crippen LogP contribution in [0.3, 0.4) is 0 Å². The Morgan fingerprint density at radius 1 is 1.09 bits per heavy atom. The summed E-state index contributed by atoms with van der Waals surface area (Å²) >= 11 is 0. The molecule has 1 rings (SSSR count). The lowest BCUT2D eigenvalue weighted by atomic mass is 10.1. The van der Waals surface area contributed by atoms with Crippen molar-refractivity contribution in [3.8, 4) is 5.75 Å². The first-order valence-corrected chi connectivity index (χ1v) is 7.82. The van der Waals surface area contributed by atoms with Crippen molar-refractivity contribution in [1.82, 2.24) is 0 Å². The normalized spacial score (nSPS) is 12.0. The Labute approximate surface area is 139 Å². The maximum atomic E-state index is 10.8. The van der Waals surface area contributed by atoms with Crippen molar-refractivity contribution in [3.63, 3.8) is 0 Å². The SMILES string of the molecule is CC(C)=CCC/C(C)=C/COc1ccc(/C=C(\C)C(=O)O)cc1. The van der Waals surface area contributed by atoms with E-state index >= 15 is 0 Å². The van der Waals surface area contributed by atoms with Gasteiger partial charge in [0, 0.05) is 5.57 Å². The molecule has 3 heteroatoms. The van der Waals surface area contributed by atoms with E-state index in [1.807, 2.05) is 24.3 Å². The molecule has 0 aliphatic rings. The molecule has 0 bridgehead atoms. The van der Waals surface area contributed by atoms with Crippen LogP contribution in [0.25, 0.3) is 6.08 Å². The number of carboxylic acid groups (broad SMARTS) is 1. The van der Waals surface area contributed by atoms with E-state index in [-0.39, 0.29) is 0 Å². The molecule has 0 atom stereocenters. The highest BCUT2D eigenvalue weighted by atomic mass is 16.5. The van der Waals surface area contributed by atoms with Gasteiger partial charge in [0.2, 0.25) is 0 Å². The van der Waals surface area contributed by atoms with E-state index in [0.717, 1.165) is 24.2 Å². The fraction of sp³-hybridized carbons (Fsp3) is 0.350. The topological polar surface area (TPSA) is 46.5 Å². The minimum absolute atomic E-state index is 0.314. The van der Waals surface area contributed by atoms with Crippen molar-refractivity contribution in [1.29, 1.82) is 0 Å². The summed E-state index contributed by atoms with van der Waals surface area (Å²) in [4.78, 5) is 10.8. The highest BCUT2D eigenvalue weighted by Gasteiger charge is 2.00. The van der Waals surface area contributed by atoms with Crippen LogP contribution in [0.4, 0.5) is 0 Å². The van der Waals surface area contributed by atoms with Gasteiger partial charge in [-0.2, -0.15) is 0 Å². The molecule has 0 unspecified atom stereocenters. The monoisotopic (exact) mass is 314 g/mol. The third-order valence-corrected chi connectivity index (χ3v) is 3.37. The summed E-state index contributed by atoms with van der Waals surface area (Å²) in [6.07, 6.45) is 8.09. The van der Waals surface area contributed by atoms with Gasteiger partial charge in [0.15, 0.2) is 0 Å². The van der Waals surface area contributed by atoms with E-state index < -0.39 is 5.97 Å². The Hall–Kier alpha value is -2.29. The second-order valence-corrected chi connectivity index (χ2v) is 5.88. The summed E-state index contributed by atoms with van der Waals surface area (Å²) in [7, 11) is 0. The minimum atomic E-state index is -0.904. The van der Waals surface area contributed by atoms with Gasteiger partial charge in [-0.3, -0.25) is 0 Å². The zero-order chi connectivity index (χ0) is 17.2. The number of hydrogen-bond donors (Lipinski definition) is 1. The average Bonchev–Trinajstić information content (AvgIpc) is 2.48. The number of carboxylic acids is 1. The predicted molar refractivity (Wildman–Crippen MR) is 95.6 cm³/mol. The van der Waals surface area contributed by atoms with Gasteiger partial charge in [-0.1, -0.05) is 29.4 Å². The van der Waals surface area contributed by atoms with Gasteiger partial charge in [0.1, 0.15) is 12.4 Å². The zero-order valence-corrected chi connectivity index (χ0v) is 14.4. The molecule has 0 saturated heterocycles. The lowest BCUT2D eigenvalue weighted by molar-refractivity contribution is -0.132. The number of ether oxygens (including phenoxy) is 1. The van der Waals surface area contributed by atoms with E-state index in [2.05, 4.69) is 32.9 Å². The number of rotatable bonds is 8. The smallest absolute Gasteiger partial charge is 0.331 e. The quantitative estimate of drug-likeness (QED) is 0.527. The van der Waals surface area contributed by atoms with E-state index in [4.69, 9.17) is 9.84 Å². The van der Waals surface area contributed by atoms with Gasteiger partial charge in [0.25, 0.3) is 0 Å². The molecule has 0 aliphatic heterocycles. The third-order valence-electron chi connectivity index (χ3n) is 3.37. The molecule has 0 fully saturated rings. The molecule has 0 spiro atoms. The molecule has 1 N–H and O–H groups in total. The van der Waals surface area contributed by atoms with Crippen LogP contribution in [-0.4, -0.2) is 17.7 Å². The number of allylic oxidation sites excluding steroid dienone is 3. The first-order valence-electron chi connectivity index (χ1n) is 7.82. The maximum absolute atomic E-state index is 10.8. The van der Waals surface area contributed by atoms with Crippen molar-refractivity contribution in [2.75, 3.05) is 6.61 Å². The van der Waals surface area contributed by atoms with Crippen LogP contribution in [0.5, 0.6) is 5.75 Å². The van der Waals surface area contributed by atoms with Gasteiger partial charge >= 0.3 is 5.97 Å². The van der Waals surface area contributed by atoms with Gasteiger partial charge < -0.3 is 9.84 Å². The maximum Gasteiger partial charge on any atom is 0.331 e. The molecule has 0 saturated carbocycles. The standard InChI is InChI=1S/C20H26O3/c1-15(2)6-5-7-16(3)12-13-23-19-10-8-18(9-11-19)14-17(4)20(21)22/h6,8-12,14H,5,7,13H2,1-4H3,(H,21,22)/b16-12+,17-14+. The molecule has 23 heavy (non-hydrogen) atoms. The molecule has 0 heterocycles. The van der Waals surface area contributed by atoms with Gasteiger partial charge in [-0.15, -0.1) is 0 Å². The van der Waals surface area contributed by atoms with Crippen molar-refractivity contribution < 1.29 is 14.6 Å². The highest BCUT2D eigenvalue weighted by molar-refractivity contribution is 5.91. The molecular weight excluding hydrogens is 288 g/mol. The minimum Gasteiger partial charge on any atom is -0.490 e. The summed E-state index contributed by atoms with van der Waals surface area (Å²) < 4.78 is 5.68. The number of benzene rings is 1. The van der Waals surface area contributed by atoms with E-state index in [9.17, 15) is 4.79 Å². The molecule has 3 nitrogen and oxygen atoms in total. The van der Waals surface area contributed by atoms with Crippen molar-refractivity contribution >= 4 is 12.0 Å². The number of aliphatic carboxylic acids is 1. The van der Waals surface area contributed by atoms with Crippen LogP contribution in [-0.2, 0) is 4.79 Å². The molecular formula is C20H26O3. The Bertz CT molecular complexity index is 600. The Morgan fingerprint density at radius 2 is 1.74 bits per heavy atom. The lowest BCUT2D eigenvalue weighted by Gasteiger charge is -2.05. The Balaban J connectivity index is 2.48. The summed E-state index contributed by atoms with van der Waals surface area (Å²) in [6, 6.07) is 7.42. The summed E-state index contributed by atoms with van der Waals surface area (Å²) in [6.45, 7) is 8.46. The summed E-state index contributed by atoms with van der Waals surface area (Å²) in [5.41, 5.74) is 3.83. The van der Waals surface area contributed by atoms with Crippen molar-refractivity contribution in [2.24, 2.45) is 0 Å². The highest BCUT2D eigenvalue weighted by Crippen LogP contribution is 2.15. The van der Waals surface area contributed by atoms with E-state index in [1.54, 1.807) is 13.0 Å². The Kier molecular flexibility index (Phi) is 7.89. The second-order valence-electron chi connectivity index (χ2n) is 5.88. The predicted octanol–water partition coefficient (Wildman–Crippen LogP) is 5.25. The number of carbonyl (C=O) groups is 1. The van der Waals surface area contributed by atoms with Gasteiger partial charge in [0.05, 0.1) is 0 Å². The van der Waals surface area contributed by atoms with Crippen molar-refractivity contribution in [3.05, 3.63) is 58.7 Å². The van der Waals surface area contributed by atoms with Gasteiger partial charge in [-0.05, 0) is 70.4 Å². The average molecular weight is 314 g/mol. The van der Waals surface area contributed by atoms with Crippen LogP contribution in [0.15, 0.2) is 53.1 Å². The first-order chi connectivity index (χ1) is 10.9. The van der Waals surface area contributed by atoms with Crippen LogP contribution >= 0.6 is 0 Å². The van der Waals surface area contributed by atoms with Crippen molar-refractivity contribution in [2.45, 2.75) is 40.5 Å². The number of hydrogen-bond acceptors (Lipinski definition) is 2. The third kappa shape index (κ3) is 8.05. The van der Waals surface area contributed by atoms with Gasteiger partial charge in [-0.25, -0.2) is 4.79 Å². The van der Waals surface area contributed by atoms with Crippen LogP contribution < -0.4 is 4.74 Å². The largest absolute Gasteiger partial charge is 0.490 e. The summed E-state index contributed by atoms with van der Waals surface area (Å²) in [5, 5.41) is 8.85. The lowest BCUT2D eigenvalue weighted by Crippen LogP contribution is -1.96. The van der Waals surface area contributed by atoms with E-state index in [1.165, 1.54) is 11.1 Å².